The lowest BCUT2D eigenvalue weighted by atomic mass is 9.86. The van der Waals surface area contributed by atoms with Gasteiger partial charge in [-0.15, -0.1) is 0 Å². The Morgan fingerprint density at radius 1 is 1.11 bits per heavy atom. The number of nitrogens with one attached hydrogen (secondary N) is 2. The summed E-state index contributed by atoms with van der Waals surface area (Å²) in [5.74, 6) is 0.638. The van der Waals surface area contributed by atoms with Crippen LogP contribution in [0.3, 0.4) is 0 Å². The van der Waals surface area contributed by atoms with Crippen molar-refractivity contribution in [1.82, 2.24) is 24.3 Å². The van der Waals surface area contributed by atoms with E-state index in [1.165, 1.54) is 24.9 Å². The van der Waals surface area contributed by atoms with Gasteiger partial charge in [-0.3, -0.25) is 23.9 Å². The van der Waals surface area contributed by atoms with E-state index < -0.39 is 17.2 Å². The van der Waals surface area contributed by atoms with Gasteiger partial charge in [-0.25, -0.2) is 9.78 Å². The molecule has 2 saturated heterocycles. The second-order valence-corrected chi connectivity index (χ2v) is 12.8. The second-order valence-electron chi connectivity index (χ2n) is 12.4. The van der Waals surface area contributed by atoms with E-state index in [9.17, 15) is 19.2 Å². The topological polar surface area (TPSA) is 137 Å². The summed E-state index contributed by atoms with van der Waals surface area (Å²) in [5, 5.41) is 6.16. The Balaban J connectivity index is 1.18. The number of hydrogen-bond acceptors (Lipinski definition) is 8. The number of halogens is 1. The summed E-state index contributed by atoms with van der Waals surface area (Å²) in [7, 11) is 4.39. The fourth-order valence-corrected chi connectivity index (χ4v) is 7.20. The van der Waals surface area contributed by atoms with Crippen LogP contribution < -0.4 is 31.4 Å². The number of carbonyl (C=O) groups excluding carboxylic acids is 2. The first-order chi connectivity index (χ1) is 22.5. The maximum absolute atomic E-state index is 13.1. The lowest BCUT2D eigenvalue weighted by Gasteiger charge is -2.50. The highest BCUT2D eigenvalue weighted by atomic mass is 35.5. The number of amides is 2. The summed E-state index contributed by atoms with van der Waals surface area (Å²) >= 11 is 6.88. The van der Waals surface area contributed by atoms with E-state index in [1.54, 1.807) is 19.2 Å². The molecule has 3 aliphatic heterocycles. The zero-order valence-electron chi connectivity index (χ0n) is 26.3. The molecule has 1 spiro atoms. The average molecular weight is 657 g/mol. The Labute approximate surface area is 274 Å². The molecule has 12 nitrogen and oxygen atoms in total. The lowest BCUT2D eigenvalue weighted by Crippen LogP contribution is -2.67. The molecule has 0 bridgehead atoms. The van der Waals surface area contributed by atoms with Crippen molar-refractivity contribution in [3.63, 3.8) is 0 Å². The minimum absolute atomic E-state index is 0.0187. The first-order valence-electron chi connectivity index (χ1n) is 15.2. The summed E-state index contributed by atoms with van der Waals surface area (Å²) in [6.45, 7) is 3.97. The zero-order valence-corrected chi connectivity index (χ0v) is 27.1. The first kappa shape index (κ1) is 30.7. The molecule has 13 heteroatoms. The molecule has 2 fully saturated rings. The van der Waals surface area contributed by atoms with Crippen LogP contribution in [0.1, 0.15) is 40.4 Å². The highest BCUT2D eigenvalue weighted by Gasteiger charge is 2.51. The van der Waals surface area contributed by atoms with Crippen molar-refractivity contribution in [3.05, 3.63) is 91.2 Å². The number of hydrogen-bond donors (Lipinski definition) is 2. The molecule has 1 unspecified atom stereocenters. The summed E-state index contributed by atoms with van der Waals surface area (Å²) in [4.78, 5) is 56.9. The highest BCUT2D eigenvalue weighted by molar-refractivity contribution is 6.36. The first-order valence-corrected chi connectivity index (χ1v) is 15.6. The third-order valence-corrected chi connectivity index (χ3v) is 9.84. The maximum atomic E-state index is 13.1. The molecule has 3 aliphatic rings. The van der Waals surface area contributed by atoms with Gasteiger partial charge in [0, 0.05) is 57.0 Å². The number of benzene rings is 2. The van der Waals surface area contributed by atoms with Crippen molar-refractivity contribution in [2.45, 2.75) is 31.3 Å². The molecule has 242 valence electrons. The molecule has 0 aliphatic carbocycles. The maximum Gasteiger partial charge on any atom is 0.330 e. The normalized spacial score (nSPS) is 18.0. The number of likely N-dealkylation sites (tertiary alicyclic amines) is 1. The number of nitrogens with zero attached hydrogens (tertiary/aromatic N) is 4. The van der Waals surface area contributed by atoms with Crippen molar-refractivity contribution >= 4 is 29.1 Å². The predicted octanol–water partition coefficient (Wildman–Crippen LogP) is 3.43. The van der Waals surface area contributed by atoms with E-state index in [1.807, 2.05) is 37.3 Å². The Bertz CT molecular complexity index is 2100. The summed E-state index contributed by atoms with van der Waals surface area (Å²) in [6, 6.07) is 13.0. The van der Waals surface area contributed by atoms with E-state index in [0.29, 0.717) is 46.6 Å². The van der Waals surface area contributed by atoms with Gasteiger partial charge in [0.1, 0.15) is 17.9 Å². The molecule has 2 amide bonds. The minimum atomic E-state index is -0.704. The van der Waals surface area contributed by atoms with Gasteiger partial charge in [-0.1, -0.05) is 41.9 Å². The fraction of sp³-hybridized carbons (Fsp3) is 0.324. The van der Waals surface area contributed by atoms with E-state index in [4.69, 9.17) is 26.1 Å². The van der Waals surface area contributed by atoms with Crippen molar-refractivity contribution in [2.24, 2.45) is 14.1 Å². The standard InChI is InChI=1S/C34H33ClN6O6/c1-18-19(21-9-6-10-23(29(21)35)36-30(43)22-14-39(2)33(45)40(3)32(22)44)7-5-8-20(18)24-13-26-28(31(37-24)46-4)25(15-47-26)41-16-34(17-41)12-11-27(42)38-34/h5-10,13-14,25H,11-12,15-17H2,1-4H3,(H,36,43)(H,38,42). The monoisotopic (exact) mass is 656 g/mol. The number of pyridine rings is 1. The molecule has 2 aromatic carbocycles. The van der Waals surface area contributed by atoms with E-state index in [2.05, 4.69) is 15.5 Å². The Hall–Kier alpha value is -4.94. The number of methoxy groups -OCH3 is 1. The summed E-state index contributed by atoms with van der Waals surface area (Å²) < 4.78 is 14.0. The Kier molecular flexibility index (Phi) is 7.44. The third-order valence-electron chi connectivity index (χ3n) is 9.43. The number of rotatable bonds is 6. The molecule has 2 N–H and O–H groups in total. The van der Waals surface area contributed by atoms with Gasteiger partial charge < -0.3 is 24.7 Å². The van der Waals surface area contributed by atoms with E-state index >= 15 is 0 Å². The van der Waals surface area contributed by atoms with Crippen LogP contribution in [0.4, 0.5) is 5.69 Å². The van der Waals surface area contributed by atoms with Crippen LogP contribution in [0, 0.1) is 6.92 Å². The molecule has 4 aromatic rings. The van der Waals surface area contributed by atoms with E-state index in [0.717, 1.165) is 46.3 Å². The molecule has 1 atom stereocenters. The Morgan fingerprint density at radius 2 is 1.83 bits per heavy atom. The molecule has 0 saturated carbocycles. The molecular weight excluding hydrogens is 624 g/mol. The predicted molar refractivity (Wildman–Crippen MR) is 176 cm³/mol. The van der Waals surface area contributed by atoms with Gasteiger partial charge in [0.2, 0.25) is 11.8 Å². The average Bonchev–Trinajstić information content (AvgIpc) is 3.65. The largest absolute Gasteiger partial charge is 0.491 e. The van der Waals surface area contributed by atoms with Gasteiger partial charge in [0.25, 0.3) is 11.5 Å². The number of anilines is 1. The Morgan fingerprint density at radius 3 is 2.55 bits per heavy atom. The lowest BCUT2D eigenvalue weighted by molar-refractivity contribution is -0.121. The second kappa shape index (κ2) is 11.4. The smallest absolute Gasteiger partial charge is 0.330 e. The summed E-state index contributed by atoms with van der Waals surface area (Å²) in [5.41, 5.74) is 3.58. The number of aryl methyl sites for hydroxylation is 1. The summed E-state index contributed by atoms with van der Waals surface area (Å²) in [6.07, 6.45) is 2.63. The van der Waals surface area contributed by atoms with E-state index in [-0.39, 0.29) is 23.1 Å². The zero-order chi connectivity index (χ0) is 33.2. The van der Waals surface area contributed by atoms with Crippen LogP contribution in [0.25, 0.3) is 22.4 Å². The van der Waals surface area contributed by atoms with Crippen LogP contribution in [-0.4, -0.2) is 63.2 Å². The van der Waals surface area contributed by atoms with Crippen LogP contribution in [0.15, 0.2) is 58.3 Å². The number of ether oxygens (including phenoxy) is 2. The van der Waals surface area contributed by atoms with Gasteiger partial charge in [0.15, 0.2) is 0 Å². The number of fused-ring (bicyclic) bond motifs is 1. The number of carbonyl (C=O) groups is 2. The van der Waals surface area contributed by atoms with Crippen molar-refractivity contribution < 1.29 is 19.1 Å². The SMILES string of the molecule is COc1nc(-c2cccc(-c3cccc(NC(=O)c4cn(C)c(=O)n(C)c4=O)c3Cl)c2C)cc2c1C(N1CC3(CCC(=O)N3)C1)CO2. The van der Waals surface area contributed by atoms with Gasteiger partial charge >= 0.3 is 5.69 Å². The molecular formula is C34H33ClN6O6. The molecule has 7 rings (SSSR count). The van der Waals surface area contributed by atoms with Crippen LogP contribution in [0.2, 0.25) is 5.02 Å². The highest BCUT2D eigenvalue weighted by Crippen LogP contribution is 2.47. The van der Waals surface area contributed by atoms with Crippen LogP contribution in [0.5, 0.6) is 11.6 Å². The van der Waals surface area contributed by atoms with Gasteiger partial charge in [-0.05, 0) is 30.5 Å². The molecule has 0 radical (unpaired) electrons. The van der Waals surface area contributed by atoms with Crippen LogP contribution >= 0.6 is 11.6 Å². The van der Waals surface area contributed by atoms with Crippen LogP contribution in [-0.2, 0) is 18.9 Å². The van der Waals surface area contributed by atoms with Crippen molar-refractivity contribution in [3.8, 4) is 34.0 Å². The minimum Gasteiger partial charge on any atom is -0.491 e. The number of aromatic nitrogens is 3. The molecule has 47 heavy (non-hydrogen) atoms. The fourth-order valence-electron chi connectivity index (χ4n) is 6.93. The van der Waals surface area contributed by atoms with Gasteiger partial charge in [0.05, 0.1) is 40.7 Å². The van der Waals surface area contributed by atoms with Crippen molar-refractivity contribution in [2.75, 3.05) is 32.1 Å². The molecule has 5 heterocycles. The quantitative estimate of drug-likeness (QED) is 0.322. The van der Waals surface area contributed by atoms with Gasteiger partial charge in [-0.2, -0.15) is 0 Å². The van der Waals surface area contributed by atoms with Crippen molar-refractivity contribution in [1.29, 1.82) is 0 Å². The molecule has 2 aromatic heterocycles. The third kappa shape index (κ3) is 5.08.